The molecule has 0 aliphatic carbocycles. The van der Waals surface area contributed by atoms with E-state index in [1.54, 1.807) is 36.1 Å². The minimum Gasteiger partial charge on any atom is -0.508 e. The number of carbonyl (C=O) groups is 1. The number of methoxy groups -OCH3 is 1. The van der Waals surface area contributed by atoms with Crippen LogP contribution >= 0.6 is 22.9 Å². The van der Waals surface area contributed by atoms with E-state index in [9.17, 15) is 9.90 Å². The fraction of sp³-hybridized carbons (Fsp3) is 0.0952. The summed E-state index contributed by atoms with van der Waals surface area (Å²) >= 11 is 7.03. The molecule has 2 aromatic heterocycles. The van der Waals surface area contributed by atoms with Gasteiger partial charge in [-0.2, -0.15) is 9.78 Å². The predicted molar refractivity (Wildman–Crippen MR) is 118 cm³/mol. The number of phenolic OH excluding ortho intramolecular Hbond substituents is 1. The number of aromatic hydroxyl groups is 1. The zero-order valence-corrected chi connectivity index (χ0v) is 17.4. The van der Waals surface area contributed by atoms with Crippen LogP contribution in [0.1, 0.15) is 0 Å². The zero-order chi connectivity index (χ0) is 21.1. The molecule has 0 fully saturated rings. The number of thiazole rings is 1. The van der Waals surface area contributed by atoms with Gasteiger partial charge in [0, 0.05) is 22.6 Å². The number of rotatable bonds is 6. The molecule has 0 atom stereocenters. The Bertz CT molecular complexity index is 1190. The van der Waals surface area contributed by atoms with Crippen LogP contribution < -0.4 is 10.1 Å². The summed E-state index contributed by atoms with van der Waals surface area (Å²) in [5.74, 6) is 0.852. The fourth-order valence-electron chi connectivity index (χ4n) is 2.85. The van der Waals surface area contributed by atoms with Gasteiger partial charge in [0.15, 0.2) is 0 Å². The summed E-state index contributed by atoms with van der Waals surface area (Å²) in [6, 6.07) is 16.1. The molecule has 0 saturated heterocycles. The quantitative estimate of drug-likeness (QED) is 0.429. The van der Waals surface area contributed by atoms with E-state index in [0.29, 0.717) is 22.3 Å². The molecule has 1 amide bonds. The Labute approximate surface area is 181 Å². The Morgan fingerprint density at radius 1 is 1.17 bits per heavy atom. The highest BCUT2D eigenvalue weighted by molar-refractivity contribution is 7.12. The molecule has 4 aromatic rings. The second-order valence-electron chi connectivity index (χ2n) is 6.30. The van der Waals surface area contributed by atoms with Crippen LogP contribution in [0.25, 0.3) is 27.6 Å². The molecule has 7 nitrogen and oxygen atoms in total. The minimum atomic E-state index is -0.344. The number of phenols is 1. The lowest BCUT2D eigenvalue weighted by atomic mass is 10.1. The largest absolute Gasteiger partial charge is 0.508 e. The average molecular weight is 441 g/mol. The summed E-state index contributed by atoms with van der Waals surface area (Å²) in [6.07, 6.45) is 0. The van der Waals surface area contributed by atoms with Gasteiger partial charge in [-0.3, -0.25) is 4.79 Å². The van der Waals surface area contributed by atoms with Crippen LogP contribution in [-0.4, -0.2) is 38.8 Å². The Kier molecular flexibility index (Phi) is 5.69. The summed E-state index contributed by atoms with van der Waals surface area (Å²) in [7, 11) is 1.61. The van der Waals surface area contributed by atoms with Crippen molar-refractivity contribution in [2.45, 2.75) is 0 Å². The summed E-state index contributed by atoms with van der Waals surface area (Å²) in [5.41, 5.74) is 3.01. The molecule has 0 aliphatic heterocycles. The number of halogens is 1. The third-order valence-corrected chi connectivity index (χ3v) is 5.36. The van der Waals surface area contributed by atoms with Crippen molar-refractivity contribution in [3.63, 3.8) is 0 Å². The first-order chi connectivity index (χ1) is 14.6. The number of carbonyl (C=O) groups excluding carboxylic acids is 1. The third-order valence-electron chi connectivity index (χ3n) is 4.30. The highest BCUT2D eigenvalue weighted by Crippen LogP contribution is 2.30. The van der Waals surface area contributed by atoms with Crippen LogP contribution in [0, 0.1) is 0 Å². The standard InChI is InChI=1S/C21H17ClN4O3S/c1-29-16-7-5-13(6-8-16)17-10-19(24-20(28)11-22)26(25-17)21-23-18(12-30-21)14-3-2-4-15(27)9-14/h2-10,12,27H,11H2,1H3,(H,24,28). The van der Waals surface area contributed by atoms with E-state index >= 15 is 0 Å². The van der Waals surface area contributed by atoms with Gasteiger partial charge < -0.3 is 15.2 Å². The number of aromatic nitrogens is 3. The number of amides is 1. The number of ether oxygens (including phenoxy) is 1. The van der Waals surface area contributed by atoms with Gasteiger partial charge in [0.2, 0.25) is 11.0 Å². The average Bonchev–Trinajstić information content (AvgIpc) is 3.41. The molecule has 2 aromatic carbocycles. The molecule has 2 heterocycles. The predicted octanol–water partition coefficient (Wildman–Crippen LogP) is 4.55. The highest BCUT2D eigenvalue weighted by atomic mass is 35.5. The van der Waals surface area contributed by atoms with Crippen LogP contribution in [0.4, 0.5) is 5.82 Å². The van der Waals surface area contributed by atoms with Gasteiger partial charge in [0.25, 0.3) is 0 Å². The highest BCUT2D eigenvalue weighted by Gasteiger charge is 2.16. The van der Waals surface area contributed by atoms with Crippen molar-refractivity contribution in [3.05, 3.63) is 60.0 Å². The number of benzene rings is 2. The first kappa shape index (κ1) is 19.9. The third kappa shape index (κ3) is 4.14. The number of alkyl halides is 1. The minimum absolute atomic E-state index is 0.165. The van der Waals surface area contributed by atoms with Gasteiger partial charge in [-0.05, 0) is 36.4 Å². The molecule has 30 heavy (non-hydrogen) atoms. The number of hydrogen-bond acceptors (Lipinski definition) is 6. The summed E-state index contributed by atoms with van der Waals surface area (Å²) in [5, 5.41) is 19.6. The summed E-state index contributed by atoms with van der Waals surface area (Å²) in [6.45, 7) is 0. The lowest BCUT2D eigenvalue weighted by Crippen LogP contribution is -2.15. The molecule has 0 spiro atoms. The molecule has 0 aliphatic rings. The van der Waals surface area contributed by atoms with E-state index in [2.05, 4.69) is 15.4 Å². The molecule has 152 valence electrons. The van der Waals surface area contributed by atoms with Crippen LogP contribution in [-0.2, 0) is 4.79 Å². The van der Waals surface area contributed by atoms with Crippen molar-refractivity contribution in [2.24, 2.45) is 0 Å². The maximum absolute atomic E-state index is 11.9. The lowest BCUT2D eigenvalue weighted by molar-refractivity contribution is -0.114. The van der Waals surface area contributed by atoms with Gasteiger partial charge in [-0.15, -0.1) is 22.9 Å². The second-order valence-corrected chi connectivity index (χ2v) is 7.41. The molecule has 9 heteroatoms. The van der Waals surface area contributed by atoms with Gasteiger partial charge in [-0.25, -0.2) is 4.98 Å². The van der Waals surface area contributed by atoms with Gasteiger partial charge in [-0.1, -0.05) is 12.1 Å². The van der Waals surface area contributed by atoms with Gasteiger partial charge >= 0.3 is 0 Å². The first-order valence-corrected chi connectivity index (χ1v) is 10.3. The van der Waals surface area contributed by atoms with Gasteiger partial charge in [0.1, 0.15) is 23.2 Å². The SMILES string of the molecule is COc1ccc(-c2cc(NC(=O)CCl)n(-c3nc(-c4cccc(O)c4)cs3)n2)cc1. The maximum Gasteiger partial charge on any atom is 0.240 e. The molecular formula is C21H17ClN4O3S. The normalized spacial score (nSPS) is 10.7. The van der Waals surface area contributed by atoms with Crippen LogP contribution in [0.2, 0.25) is 0 Å². The summed E-state index contributed by atoms with van der Waals surface area (Å²) in [4.78, 5) is 16.5. The van der Waals surface area contributed by atoms with Gasteiger partial charge in [0.05, 0.1) is 18.5 Å². The number of nitrogens with zero attached hydrogens (tertiary/aromatic N) is 3. The Hall–Kier alpha value is -3.36. The van der Waals surface area contributed by atoms with Crippen molar-refractivity contribution in [1.29, 1.82) is 0 Å². The zero-order valence-electron chi connectivity index (χ0n) is 15.9. The smallest absolute Gasteiger partial charge is 0.240 e. The van der Waals surface area contributed by atoms with E-state index in [-0.39, 0.29) is 17.5 Å². The Balaban J connectivity index is 1.74. The monoisotopic (exact) mass is 440 g/mol. The topological polar surface area (TPSA) is 89.3 Å². The summed E-state index contributed by atoms with van der Waals surface area (Å²) < 4.78 is 6.77. The van der Waals surface area contributed by atoms with Crippen LogP contribution in [0.15, 0.2) is 60.0 Å². The van der Waals surface area contributed by atoms with Crippen molar-refractivity contribution >= 4 is 34.7 Å². The Morgan fingerprint density at radius 3 is 2.67 bits per heavy atom. The second kappa shape index (κ2) is 8.56. The van der Waals surface area contributed by atoms with E-state index in [4.69, 9.17) is 16.3 Å². The molecule has 4 rings (SSSR count). The van der Waals surface area contributed by atoms with Crippen molar-refractivity contribution in [3.8, 4) is 39.1 Å². The fourth-order valence-corrected chi connectivity index (χ4v) is 3.72. The molecule has 0 unspecified atom stereocenters. The van der Waals surface area contributed by atoms with E-state index in [1.165, 1.54) is 11.3 Å². The number of nitrogens with one attached hydrogen (secondary N) is 1. The van der Waals surface area contributed by atoms with E-state index in [1.807, 2.05) is 35.7 Å². The van der Waals surface area contributed by atoms with E-state index in [0.717, 1.165) is 16.9 Å². The van der Waals surface area contributed by atoms with Crippen molar-refractivity contribution in [2.75, 3.05) is 18.3 Å². The molecule has 0 bridgehead atoms. The van der Waals surface area contributed by atoms with Crippen LogP contribution in [0.3, 0.4) is 0 Å². The molecule has 0 radical (unpaired) electrons. The van der Waals surface area contributed by atoms with Crippen molar-refractivity contribution in [1.82, 2.24) is 14.8 Å². The van der Waals surface area contributed by atoms with E-state index < -0.39 is 0 Å². The molecular weight excluding hydrogens is 424 g/mol. The lowest BCUT2D eigenvalue weighted by Gasteiger charge is -2.04. The Morgan fingerprint density at radius 2 is 1.97 bits per heavy atom. The first-order valence-electron chi connectivity index (χ1n) is 8.93. The maximum atomic E-state index is 11.9. The molecule has 2 N–H and O–H groups in total. The van der Waals surface area contributed by atoms with Crippen molar-refractivity contribution < 1.29 is 14.6 Å². The van der Waals surface area contributed by atoms with Crippen LogP contribution in [0.5, 0.6) is 11.5 Å². The number of hydrogen-bond donors (Lipinski definition) is 2. The molecule has 0 saturated carbocycles. The number of anilines is 1.